The summed E-state index contributed by atoms with van der Waals surface area (Å²) in [6.07, 6.45) is 1.66. The van der Waals surface area contributed by atoms with Gasteiger partial charge in [0, 0.05) is 23.7 Å². The molecule has 156 valence electrons. The minimum absolute atomic E-state index is 0.0818. The Hall–Kier alpha value is -1.67. The molecule has 0 radical (unpaired) electrons. The van der Waals surface area contributed by atoms with Gasteiger partial charge in [0.25, 0.3) is 5.91 Å². The second-order valence-electron chi connectivity index (χ2n) is 7.07. The van der Waals surface area contributed by atoms with Crippen LogP contribution < -0.4 is 5.32 Å². The second kappa shape index (κ2) is 8.60. The summed E-state index contributed by atoms with van der Waals surface area (Å²) in [5.74, 6) is -1.11. The Morgan fingerprint density at radius 1 is 1.14 bits per heavy atom. The van der Waals surface area contributed by atoms with Gasteiger partial charge in [0.15, 0.2) is 0 Å². The monoisotopic (exact) mass is 458 g/mol. The number of aryl methyl sites for hydroxylation is 1. The number of carbonyl (C=O) groups is 1. The minimum atomic E-state index is -3.64. The van der Waals surface area contributed by atoms with Crippen LogP contribution >= 0.6 is 23.2 Å². The number of hydrogen-bond donors (Lipinski definition) is 1. The molecule has 1 N–H and O–H groups in total. The third-order valence-electron chi connectivity index (χ3n) is 5.01. The van der Waals surface area contributed by atoms with Crippen LogP contribution in [0.2, 0.25) is 10.0 Å². The van der Waals surface area contributed by atoms with E-state index in [1.165, 1.54) is 28.6 Å². The number of rotatable bonds is 5. The van der Waals surface area contributed by atoms with Crippen molar-refractivity contribution >= 4 is 39.1 Å². The number of halogens is 3. The van der Waals surface area contributed by atoms with Gasteiger partial charge in [-0.15, -0.1) is 0 Å². The number of hydrogen-bond acceptors (Lipinski definition) is 3. The van der Waals surface area contributed by atoms with E-state index in [0.29, 0.717) is 24.2 Å². The van der Waals surface area contributed by atoms with E-state index in [4.69, 9.17) is 23.2 Å². The van der Waals surface area contributed by atoms with Crippen molar-refractivity contribution in [1.29, 1.82) is 0 Å². The van der Waals surface area contributed by atoms with Gasteiger partial charge in [-0.1, -0.05) is 29.3 Å². The van der Waals surface area contributed by atoms with Gasteiger partial charge in [-0.05, 0) is 62.1 Å². The lowest BCUT2D eigenvalue weighted by Gasteiger charge is -2.19. The Labute approximate surface area is 179 Å². The molecule has 0 bridgehead atoms. The topological polar surface area (TPSA) is 66.5 Å². The normalized spacial score (nSPS) is 16.0. The maximum Gasteiger partial charge on any atom is 0.252 e. The third kappa shape index (κ3) is 4.58. The van der Waals surface area contributed by atoms with Crippen molar-refractivity contribution in [3.05, 3.63) is 62.9 Å². The van der Waals surface area contributed by atoms with E-state index in [1.54, 1.807) is 19.9 Å². The predicted octanol–water partition coefficient (Wildman–Crippen LogP) is 4.72. The van der Waals surface area contributed by atoms with Gasteiger partial charge in [0.05, 0.1) is 16.0 Å². The molecule has 9 heteroatoms. The SMILES string of the molecule is Cc1ccc(S(=O)(=O)N2CCCC2)cc1C(=O)N[C@@H](C)c1cc(F)c(Cl)cc1Cl. The quantitative estimate of drug-likeness (QED) is 0.659. The number of nitrogens with zero attached hydrogens (tertiary/aromatic N) is 1. The molecule has 1 aliphatic heterocycles. The Morgan fingerprint density at radius 2 is 1.79 bits per heavy atom. The fraction of sp³-hybridized carbons (Fsp3) is 0.350. The Kier molecular flexibility index (Phi) is 6.53. The first-order valence-electron chi connectivity index (χ1n) is 9.17. The number of benzene rings is 2. The first kappa shape index (κ1) is 22.0. The van der Waals surface area contributed by atoms with Crippen LogP contribution in [0.3, 0.4) is 0 Å². The molecular formula is C20H21Cl2FN2O3S. The van der Waals surface area contributed by atoms with E-state index in [2.05, 4.69) is 5.32 Å². The molecule has 0 spiro atoms. The van der Waals surface area contributed by atoms with Crippen LogP contribution in [0, 0.1) is 12.7 Å². The fourth-order valence-corrected chi connectivity index (χ4v) is 5.40. The van der Waals surface area contributed by atoms with Crippen molar-refractivity contribution in [1.82, 2.24) is 9.62 Å². The van der Waals surface area contributed by atoms with Gasteiger partial charge < -0.3 is 5.32 Å². The maximum absolute atomic E-state index is 13.8. The summed E-state index contributed by atoms with van der Waals surface area (Å²) in [5, 5.41) is 2.87. The summed E-state index contributed by atoms with van der Waals surface area (Å²) in [5.41, 5.74) is 1.24. The molecule has 2 aromatic rings. The smallest absolute Gasteiger partial charge is 0.252 e. The summed E-state index contributed by atoms with van der Waals surface area (Å²) in [4.78, 5) is 12.9. The van der Waals surface area contributed by atoms with E-state index in [9.17, 15) is 17.6 Å². The largest absolute Gasteiger partial charge is 0.345 e. The lowest BCUT2D eigenvalue weighted by atomic mass is 10.1. The first-order chi connectivity index (χ1) is 13.6. The number of carbonyl (C=O) groups excluding carboxylic acids is 1. The second-order valence-corrected chi connectivity index (χ2v) is 9.82. The zero-order valence-corrected chi connectivity index (χ0v) is 18.3. The highest BCUT2D eigenvalue weighted by Gasteiger charge is 2.28. The first-order valence-corrected chi connectivity index (χ1v) is 11.4. The maximum atomic E-state index is 13.8. The van der Waals surface area contributed by atoms with E-state index in [-0.39, 0.29) is 20.5 Å². The molecule has 0 aliphatic carbocycles. The molecule has 0 saturated carbocycles. The van der Waals surface area contributed by atoms with Gasteiger partial charge in [-0.2, -0.15) is 4.31 Å². The van der Waals surface area contributed by atoms with Gasteiger partial charge in [-0.25, -0.2) is 12.8 Å². The van der Waals surface area contributed by atoms with Crippen LogP contribution in [0.25, 0.3) is 0 Å². The number of amides is 1. The minimum Gasteiger partial charge on any atom is -0.345 e. The summed E-state index contributed by atoms with van der Waals surface area (Å²) in [7, 11) is -3.64. The van der Waals surface area contributed by atoms with Crippen molar-refractivity contribution in [3.63, 3.8) is 0 Å². The summed E-state index contributed by atoms with van der Waals surface area (Å²) >= 11 is 11.8. The average Bonchev–Trinajstić information content (AvgIpc) is 3.20. The molecule has 1 amide bonds. The van der Waals surface area contributed by atoms with Crippen molar-refractivity contribution in [2.45, 2.75) is 37.6 Å². The van der Waals surface area contributed by atoms with Gasteiger partial charge >= 0.3 is 0 Å². The molecule has 3 rings (SSSR count). The van der Waals surface area contributed by atoms with E-state index in [1.807, 2.05) is 0 Å². The molecule has 5 nitrogen and oxygen atoms in total. The van der Waals surface area contributed by atoms with Crippen LogP contribution in [0.5, 0.6) is 0 Å². The number of sulfonamides is 1. The fourth-order valence-electron chi connectivity index (χ4n) is 3.31. The third-order valence-corrected chi connectivity index (χ3v) is 7.52. The molecule has 0 unspecified atom stereocenters. The molecule has 29 heavy (non-hydrogen) atoms. The molecule has 1 heterocycles. The Bertz CT molecular complexity index is 1050. The van der Waals surface area contributed by atoms with Crippen molar-refractivity contribution in [3.8, 4) is 0 Å². The van der Waals surface area contributed by atoms with Crippen LogP contribution in [-0.4, -0.2) is 31.7 Å². The highest BCUT2D eigenvalue weighted by molar-refractivity contribution is 7.89. The summed E-state index contributed by atoms with van der Waals surface area (Å²) < 4.78 is 40.8. The van der Waals surface area contributed by atoms with Crippen molar-refractivity contribution in [2.24, 2.45) is 0 Å². The van der Waals surface area contributed by atoms with E-state index >= 15 is 0 Å². The van der Waals surface area contributed by atoms with Gasteiger partial charge in [0.1, 0.15) is 5.82 Å². The molecule has 1 atom stereocenters. The van der Waals surface area contributed by atoms with Crippen LogP contribution in [0.4, 0.5) is 4.39 Å². The van der Waals surface area contributed by atoms with Crippen molar-refractivity contribution < 1.29 is 17.6 Å². The molecule has 1 saturated heterocycles. The zero-order valence-electron chi connectivity index (χ0n) is 16.0. The highest BCUT2D eigenvalue weighted by Crippen LogP contribution is 2.29. The summed E-state index contributed by atoms with van der Waals surface area (Å²) in [6.45, 7) is 4.35. The number of nitrogens with one attached hydrogen (secondary N) is 1. The van der Waals surface area contributed by atoms with Gasteiger partial charge in [0.2, 0.25) is 10.0 Å². The average molecular weight is 459 g/mol. The predicted molar refractivity (Wildman–Crippen MR) is 111 cm³/mol. The van der Waals surface area contributed by atoms with E-state index < -0.39 is 27.8 Å². The van der Waals surface area contributed by atoms with Crippen LogP contribution in [0.15, 0.2) is 35.2 Å². The van der Waals surface area contributed by atoms with Gasteiger partial charge in [-0.3, -0.25) is 4.79 Å². The molecule has 1 fully saturated rings. The van der Waals surface area contributed by atoms with Crippen molar-refractivity contribution in [2.75, 3.05) is 13.1 Å². The molecule has 0 aromatic heterocycles. The van der Waals surface area contributed by atoms with Crippen LogP contribution in [0.1, 0.15) is 47.3 Å². The highest BCUT2D eigenvalue weighted by atomic mass is 35.5. The Balaban J connectivity index is 1.87. The van der Waals surface area contributed by atoms with E-state index in [0.717, 1.165) is 12.8 Å². The summed E-state index contributed by atoms with van der Waals surface area (Å²) in [6, 6.07) is 6.35. The van der Waals surface area contributed by atoms with Crippen LogP contribution in [-0.2, 0) is 10.0 Å². The Morgan fingerprint density at radius 3 is 2.45 bits per heavy atom. The molecule has 2 aromatic carbocycles. The lowest BCUT2D eigenvalue weighted by molar-refractivity contribution is 0.0939. The molecule has 1 aliphatic rings. The molecular weight excluding hydrogens is 438 g/mol. The lowest BCUT2D eigenvalue weighted by Crippen LogP contribution is -2.30. The standard InChI is InChI=1S/C20H21Cl2FN2O3S/c1-12-5-6-14(29(27,28)25-7-3-4-8-25)9-15(12)20(26)24-13(2)16-10-19(23)18(22)11-17(16)21/h5-6,9-11,13H,3-4,7-8H2,1-2H3,(H,24,26)/t13-/m0/s1. The zero-order chi connectivity index (χ0) is 21.3.